The lowest BCUT2D eigenvalue weighted by Gasteiger charge is -2.11. The second-order valence-corrected chi connectivity index (χ2v) is 6.94. The van der Waals surface area contributed by atoms with Crippen molar-refractivity contribution in [1.29, 1.82) is 0 Å². The van der Waals surface area contributed by atoms with Gasteiger partial charge in [0, 0.05) is 18.2 Å². The Morgan fingerprint density at radius 1 is 0.931 bits per heavy atom. The zero-order valence-corrected chi connectivity index (χ0v) is 16.0. The summed E-state index contributed by atoms with van der Waals surface area (Å²) in [4.78, 5) is 4.70. The number of hydrogen-bond donors (Lipinski definition) is 0. The number of methoxy groups -OCH3 is 1. The maximum absolute atomic E-state index is 12.9. The molecule has 4 aromatic rings. The van der Waals surface area contributed by atoms with E-state index in [4.69, 9.17) is 9.72 Å². The van der Waals surface area contributed by atoms with Crippen LogP contribution in [-0.4, -0.2) is 16.7 Å². The van der Waals surface area contributed by atoms with E-state index in [1.807, 2.05) is 54.0 Å². The first-order valence-electron chi connectivity index (χ1n) is 9.12. The smallest absolute Gasteiger partial charge is 0.416 e. The van der Waals surface area contributed by atoms with Crippen LogP contribution >= 0.6 is 0 Å². The molecule has 4 rings (SSSR count). The van der Waals surface area contributed by atoms with Gasteiger partial charge in [0.25, 0.3) is 0 Å². The molecule has 0 unspecified atom stereocenters. The first kappa shape index (κ1) is 19.1. The van der Waals surface area contributed by atoms with Gasteiger partial charge in [-0.1, -0.05) is 42.0 Å². The summed E-state index contributed by atoms with van der Waals surface area (Å²) in [6.07, 6.45) is -4.37. The highest BCUT2D eigenvalue weighted by Gasteiger charge is 2.30. The van der Waals surface area contributed by atoms with Crippen molar-refractivity contribution in [2.45, 2.75) is 19.6 Å². The minimum atomic E-state index is -4.37. The van der Waals surface area contributed by atoms with Gasteiger partial charge in [0.2, 0.25) is 0 Å². The third-order valence-corrected chi connectivity index (χ3v) is 4.89. The van der Waals surface area contributed by atoms with Gasteiger partial charge in [-0.3, -0.25) is 0 Å². The summed E-state index contributed by atoms with van der Waals surface area (Å²) in [5.74, 6) is 1.29. The average Bonchev–Trinajstić information content (AvgIpc) is 3.06. The second kappa shape index (κ2) is 7.28. The average molecular weight is 396 g/mol. The predicted molar refractivity (Wildman–Crippen MR) is 107 cm³/mol. The van der Waals surface area contributed by atoms with E-state index in [0.717, 1.165) is 34.3 Å². The van der Waals surface area contributed by atoms with Crippen LogP contribution in [0.3, 0.4) is 0 Å². The maximum atomic E-state index is 12.9. The van der Waals surface area contributed by atoms with Crippen LogP contribution in [0.15, 0.2) is 66.7 Å². The number of aryl methyl sites for hydroxylation is 1. The number of halogens is 3. The normalized spacial score (nSPS) is 11.8. The first-order valence-corrected chi connectivity index (χ1v) is 9.12. The van der Waals surface area contributed by atoms with Crippen LogP contribution in [0.4, 0.5) is 13.2 Å². The fourth-order valence-electron chi connectivity index (χ4n) is 3.30. The lowest BCUT2D eigenvalue weighted by molar-refractivity contribution is -0.137. The molecule has 0 N–H and O–H groups in total. The Kier molecular flexibility index (Phi) is 4.78. The SMILES string of the molecule is COc1ccc2c(c1)nc(-c1ccc(C(F)(F)F)cc1)n2Cc1ccc(C)cc1. The molecule has 0 atom stereocenters. The molecular formula is C23H19F3N2O. The third-order valence-electron chi connectivity index (χ3n) is 4.89. The number of rotatable bonds is 4. The van der Waals surface area contributed by atoms with Crippen molar-refractivity contribution in [3.63, 3.8) is 0 Å². The topological polar surface area (TPSA) is 27.1 Å². The van der Waals surface area contributed by atoms with Gasteiger partial charge in [0.05, 0.1) is 23.7 Å². The third kappa shape index (κ3) is 3.83. The summed E-state index contributed by atoms with van der Waals surface area (Å²) >= 11 is 0. The van der Waals surface area contributed by atoms with Crippen molar-refractivity contribution in [1.82, 2.24) is 9.55 Å². The molecule has 0 bridgehead atoms. The van der Waals surface area contributed by atoms with Gasteiger partial charge in [-0.2, -0.15) is 13.2 Å². The van der Waals surface area contributed by atoms with Crippen molar-refractivity contribution in [3.8, 4) is 17.1 Å². The highest BCUT2D eigenvalue weighted by Crippen LogP contribution is 2.32. The molecule has 0 amide bonds. The van der Waals surface area contributed by atoms with E-state index >= 15 is 0 Å². The quantitative estimate of drug-likeness (QED) is 0.418. The van der Waals surface area contributed by atoms with Gasteiger partial charge in [-0.25, -0.2) is 4.98 Å². The Morgan fingerprint density at radius 2 is 1.62 bits per heavy atom. The molecule has 0 aliphatic heterocycles. The van der Waals surface area contributed by atoms with Crippen LogP contribution in [0.1, 0.15) is 16.7 Å². The Bertz CT molecular complexity index is 1140. The summed E-state index contributed by atoms with van der Waals surface area (Å²) in [7, 11) is 1.58. The Labute approximate surface area is 166 Å². The number of benzene rings is 3. The van der Waals surface area contributed by atoms with Crippen molar-refractivity contribution < 1.29 is 17.9 Å². The molecule has 3 nitrogen and oxygen atoms in total. The van der Waals surface area contributed by atoms with Gasteiger partial charge >= 0.3 is 6.18 Å². The van der Waals surface area contributed by atoms with Crippen molar-refractivity contribution in [2.24, 2.45) is 0 Å². The van der Waals surface area contributed by atoms with Gasteiger partial charge in [-0.15, -0.1) is 0 Å². The minimum absolute atomic E-state index is 0.555. The highest BCUT2D eigenvalue weighted by molar-refractivity contribution is 5.82. The van der Waals surface area contributed by atoms with Gasteiger partial charge in [0.1, 0.15) is 11.6 Å². The van der Waals surface area contributed by atoms with E-state index in [-0.39, 0.29) is 0 Å². The fraction of sp³-hybridized carbons (Fsp3) is 0.174. The molecular weight excluding hydrogens is 377 g/mol. The van der Waals surface area contributed by atoms with E-state index in [0.29, 0.717) is 23.7 Å². The lowest BCUT2D eigenvalue weighted by atomic mass is 10.1. The lowest BCUT2D eigenvalue weighted by Crippen LogP contribution is -2.05. The van der Waals surface area contributed by atoms with Crippen molar-refractivity contribution >= 4 is 11.0 Å². The standard InChI is InChI=1S/C23H19F3N2O/c1-15-3-5-16(6-4-15)14-28-21-12-11-19(29-2)13-20(21)27-22(28)17-7-9-18(10-8-17)23(24,25)26/h3-13H,14H2,1-2H3. The predicted octanol–water partition coefficient (Wildman–Crippen LogP) is 6.09. The molecule has 0 saturated carbocycles. The summed E-state index contributed by atoms with van der Waals surface area (Å²) < 4.78 is 46.1. The molecule has 0 aliphatic rings. The molecule has 0 spiro atoms. The first-order chi connectivity index (χ1) is 13.8. The number of nitrogens with zero attached hydrogens (tertiary/aromatic N) is 2. The molecule has 0 aliphatic carbocycles. The van der Waals surface area contributed by atoms with E-state index in [1.165, 1.54) is 12.1 Å². The monoisotopic (exact) mass is 396 g/mol. The second-order valence-electron chi connectivity index (χ2n) is 6.94. The van der Waals surface area contributed by atoms with E-state index in [1.54, 1.807) is 7.11 Å². The molecule has 1 heterocycles. The summed E-state index contributed by atoms with van der Waals surface area (Å²) in [6.45, 7) is 2.58. The largest absolute Gasteiger partial charge is 0.497 e. The molecule has 0 fully saturated rings. The summed E-state index contributed by atoms with van der Waals surface area (Å²) in [5.41, 5.74) is 3.81. The zero-order chi connectivity index (χ0) is 20.6. The molecule has 0 saturated heterocycles. The van der Waals surface area contributed by atoms with Crippen LogP contribution in [0.5, 0.6) is 5.75 Å². The highest BCUT2D eigenvalue weighted by atomic mass is 19.4. The van der Waals surface area contributed by atoms with Crippen LogP contribution in [0, 0.1) is 6.92 Å². The maximum Gasteiger partial charge on any atom is 0.416 e. The van der Waals surface area contributed by atoms with Crippen LogP contribution in [0.2, 0.25) is 0 Å². The number of alkyl halides is 3. The van der Waals surface area contributed by atoms with Crippen molar-refractivity contribution in [3.05, 3.63) is 83.4 Å². The molecule has 1 aromatic heterocycles. The fourth-order valence-corrected chi connectivity index (χ4v) is 3.30. The van der Waals surface area contributed by atoms with E-state index < -0.39 is 11.7 Å². The van der Waals surface area contributed by atoms with Crippen LogP contribution in [0.25, 0.3) is 22.4 Å². The number of hydrogen-bond acceptors (Lipinski definition) is 2. The zero-order valence-electron chi connectivity index (χ0n) is 16.0. The molecule has 3 aromatic carbocycles. The molecule has 0 radical (unpaired) electrons. The molecule has 6 heteroatoms. The van der Waals surface area contributed by atoms with E-state index in [2.05, 4.69) is 0 Å². The minimum Gasteiger partial charge on any atom is -0.497 e. The molecule has 148 valence electrons. The number of ether oxygens (including phenoxy) is 1. The van der Waals surface area contributed by atoms with Gasteiger partial charge in [0.15, 0.2) is 0 Å². The number of aromatic nitrogens is 2. The summed E-state index contributed by atoms with van der Waals surface area (Å²) in [6, 6.07) is 18.9. The van der Waals surface area contributed by atoms with Gasteiger partial charge < -0.3 is 9.30 Å². The Hall–Kier alpha value is -3.28. The summed E-state index contributed by atoms with van der Waals surface area (Å²) in [5, 5.41) is 0. The van der Waals surface area contributed by atoms with Crippen LogP contribution < -0.4 is 4.74 Å². The number of fused-ring (bicyclic) bond motifs is 1. The van der Waals surface area contributed by atoms with Gasteiger partial charge in [-0.05, 0) is 36.8 Å². The van der Waals surface area contributed by atoms with Crippen molar-refractivity contribution in [2.75, 3.05) is 7.11 Å². The number of imidazole rings is 1. The van der Waals surface area contributed by atoms with Crippen LogP contribution in [-0.2, 0) is 12.7 Å². The molecule has 29 heavy (non-hydrogen) atoms. The van der Waals surface area contributed by atoms with E-state index in [9.17, 15) is 13.2 Å². The Balaban J connectivity index is 1.84. The Morgan fingerprint density at radius 3 is 2.24 bits per heavy atom.